The summed E-state index contributed by atoms with van der Waals surface area (Å²) in [4.78, 5) is 13.5. The van der Waals surface area contributed by atoms with Gasteiger partial charge >= 0.3 is 0 Å². The van der Waals surface area contributed by atoms with Gasteiger partial charge < -0.3 is 10.0 Å². The molecule has 0 bridgehead atoms. The van der Waals surface area contributed by atoms with E-state index in [1.165, 1.54) is 23.1 Å². The van der Waals surface area contributed by atoms with Gasteiger partial charge in [-0.15, -0.1) is 0 Å². The number of rotatable bonds is 3. The number of nitrogens with zero attached hydrogens (tertiary/aromatic N) is 1. The first kappa shape index (κ1) is 13.1. The lowest BCUT2D eigenvalue weighted by molar-refractivity contribution is 0.0783. The zero-order valence-corrected chi connectivity index (χ0v) is 10.5. The van der Waals surface area contributed by atoms with Crippen molar-refractivity contribution in [1.82, 2.24) is 4.90 Å². The van der Waals surface area contributed by atoms with Crippen LogP contribution in [0, 0.1) is 5.82 Å². The van der Waals surface area contributed by atoms with Gasteiger partial charge in [-0.3, -0.25) is 4.79 Å². The number of hydrogen-bond acceptors (Lipinski definition) is 2. The highest BCUT2D eigenvalue weighted by molar-refractivity contribution is 5.94. The fourth-order valence-electron chi connectivity index (χ4n) is 1.81. The summed E-state index contributed by atoms with van der Waals surface area (Å²) in [5, 5.41) is 9.35. The lowest BCUT2D eigenvalue weighted by Gasteiger charge is -2.17. The Balaban J connectivity index is 2.14. The minimum Gasteiger partial charge on any atom is -0.508 e. The average molecular weight is 259 g/mol. The lowest BCUT2D eigenvalue weighted by atomic mass is 10.1. The Morgan fingerprint density at radius 2 is 1.95 bits per heavy atom. The van der Waals surface area contributed by atoms with Crippen LogP contribution in [0.5, 0.6) is 5.75 Å². The molecule has 1 N–H and O–H groups in total. The SMILES string of the molecule is CN(Cc1ccccc1F)C(=O)c1cccc(O)c1. The molecule has 4 heteroatoms. The zero-order valence-electron chi connectivity index (χ0n) is 10.5. The van der Waals surface area contributed by atoms with E-state index in [-0.39, 0.29) is 24.0 Å². The largest absolute Gasteiger partial charge is 0.508 e. The summed E-state index contributed by atoms with van der Waals surface area (Å²) in [5.41, 5.74) is 0.831. The molecule has 0 aliphatic carbocycles. The maximum Gasteiger partial charge on any atom is 0.254 e. The number of hydrogen-bond donors (Lipinski definition) is 1. The van der Waals surface area contributed by atoms with Crippen LogP contribution >= 0.6 is 0 Å². The molecular weight excluding hydrogens is 245 g/mol. The third-order valence-corrected chi connectivity index (χ3v) is 2.81. The smallest absolute Gasteiger partial charge is 0.254 e. The van der Waals surface area contributed by atoms with E-state index in [2.05, 4.69) is 0 Å². The van der Waals surface area contributed by atoms with Crippen molar-refractivity contribution in [3.8, 4) is 5.75 Å². The van der Waals surface area contributed by atoms with Crippen molar-refractivity contribution in [2.24, 2.45) is 0 Å². The van der Waals surface area contributed by atoms with Gasteiger partial charge in [-0.25, -0.2) is 4.39 Å². The lowest BCUT2D eigenvalue weighted by Crippen LogP contribution is -2.26. The van der Waals surface area contributed by atoms with E-state index in [1.54, 1.807) is 37.4 Å². The first-order chi connectivity index (χ1) is 9.08. The number of phenolic OH excluding ortho intramolecular Hbond substituents is 1. The zero-order chi connectivity index (χ0) is 13.8. The predicted molar refractivity (Wildman–Crippen MR) is 70.3 cm³/mol. The topological polar surface area (TPSA) is 40.5 Å². The van der Waals surface area contributed by atoms with Crippen LogP contribution in [0.25, 0.3) is 0 Å². The van der Waals surface area contributed by atoms with Gasteiger partial charge in [-0.1, -0.05) is 24.3 Å². The van der Waals surface area contributed by atoms with E-state index in [9.17, 15) is 14.3 Å². The fraction of sp³-hybridized carbons (Fsp3) is 0.133. The van der Waals surface area contributed by atoms with Crippen LogP contribution in [0.4, 0.5) is 4.39 Å². The molecule has 0 radical (unpaired) electrons. The highest BCUT2D eigenvalue weighted by Gasteiger charge is 2.13. The van der Waals surface area contributed by atoms with Crippen molar-refractivity contribution in [3.05, 3.63) is 65.5 Å². The summed E-state index contributed by atoms with van der Waals surface area (Å²) in [7, 11) is 1.60. The van der Waals surface area contributed by atoms with Crippen LogP contribution < -0.4 is 0 Å². The maximum absolute atomic E-state index is 13.5. The quantitative estimate of drug-likeness (QED) is 0.920. The third kappa shape index (κ3) is 3.10. The molecule has 3 nitrogen and oxygen atoms in total. The van der Waals surface area contributed by atoms with Crippen molar-refractivity contribution in [3.63, 3.8) is 0 Å². The van der Waals surface area contributed by atoms with Crippen molar-refractivity contribution in [1.29, 1.82) is 0 Å². The van der Waals surface area contributed by atoms with Gasteiger partial charge in [-0.05, 0) is 24.3 Å². The van der Waals surface area contributed by atoms with Crippen LogP contribution in [-0.4, -0.2) is 23.0 Å². The molecular formula is C15H14FNO2. The van der Waals surface area contributed by atoms with E-state index in [4.69, 9.17) is 0 Å². The van der Waals surface area contributed by atoms with Gasteiger partial charge in [0.25, 0.3) is 5.91 Å². The van der Waals surface area contributed by atoms with Crippen LogP contribution in [0.3, 0.4) is 0 Å². The Bertz CT molecular complexity index is 598. The van der Waals surface area contributed by atoms with E-state index in [0.29, 0.717) is 11.1 Å². The van der Waals surface area contributed by atoms with Gasteiger partial charge in [0.05, 0.1) is 0 Å². The van der Waals surface area contributed by atoms with E-state index in [0.717, 1.165) is 0 Å². The van der Waals surface area contributed by atoms with E-state index in [1.807, 2.05) is 0 Å². The Morgan fingerprint density at radius 1 is 1.21 bits per heavy atom. The maximum atomic E-state index is 13.5. The Labute approximate surface area is 110 Å². The summed E-state index contributed by atoms with van der Waals surface area (Å²) in [6.45, 7) is 0.182. The number of halogens is 1. The third-order valence-electron chi connectivity index (χ3n) is 2.81. The molecule has 1 amide bonds. The second kappa shape index (κ2) is 5.52. The molecule has 2 rings (SSSR count). The van der Waals surface area contributed by atoms with Gasteiger partial charge in [-0.2, -0.15) is 0 Å². The molecule has 0 spiro atoms. The number of benzene rings is 2. The molecule has 2 aromatic rings. The summed E-state index contributed by atoms with van der Waals surface area (Å²) in [6, 6.07) is 12.4. The van der Waals surface area contributed by atoms with Gasteiger partial charge in [0.1, 0.15) is 11.6 Å². The second-order valence-corrected chi connectivity index (χ2v) is 4.30. The molecule has 0 aliphatic rings. The van der Waals surface area contributed by atoms with Crippen molar-refractivity contribution < 1.29 is 14.3 Å². The molecule has 2 aromatic carbocycles. The Kier molecular flexibility index (Phi) is 3.80. The normalized spacial score (nSPS) is 10.2. The highest BCUT2D eigenvalue weighted by Crippen LogP contribution is 2.15. The summed E-state index contributed by atoms with van der Waals surface area (Å²) in [6.07, 6.45) is 0. The molecule has 0 saturated heterocycles. The first-order valence-electron chi connectivity index (χ1n) is 5.86. The predicted octanol–water partition coefficient (Wildman–Crippen LogP) is 2.80. The number of amides is 1. The van der Waals surface area contributed by atoms with Crippen LogP contribution in [0.15, 0.2) is 48.5 Å². The first-order valence-corrected chi connectivity index (χ1v) is 5.86. The van der Waals surface area contributed by atoms with Gasteiger partial charge in [0, 0.05) is 24.7 Å². The summed E-state index contributed by atoms with van der Waals surface area (Å²) < 4.78 is 13.5. The Morgan fingerprint density at radius 3 is 2.63 bits per heavy atom. The molecule has 19 heavy (non-hydrogen) atoms. The molecule has 0 aliphatic heterocycles. The summed E-state index contributed by atoms with van der Waals surface area (Å²) >= 11 is 0. The minimum absolute atomic E-state index is 0.0325. The van der Waals surface area contributed by atoms with Crippen LogP contribution in [0.2, 0.25) is 0 Å². The second-order valence-electron chi connectivity index (χ2n) is 4.30. The van der Waals surface area contributed by atoms with Crippen molar-refractivity contribution in [2.45, 2.75) is 6.54 Å². The molecule has 0 saturated carbocycles. The standard InChI is InChI=1S/C15H14FNO2/c1-17(10-12-5-2-3-8-14(12)16)15(19)11-6-4-7-13(18)9-11/h2-9,18H,10H2,1H3. The number of phenols is 1. The highest BCUT2D eigenvalue weighted by atomic mass is 19.1. The molecule has 0 heterocycles. The van der Waals surface area contributed by atoms with Crippen molar-refractivity contribution in [2.75, 3.05) is 7.05 Å². The molecule has 0 aromatic heterocycles. The number of carbonyl (C=O) groups excluding carboxylic acids is 1. The van der Waals surface area contributed by atoms with Gasteiger partial charge in [0.2, 0.25) is 0 Å². The van der Waals surface area contributed by atoms with Crippen LogP contribution in [0.1, 0.15) is 15.9 Å². The van der Waals surface area contributed by atoms with E-state index >= 15 is 0 Å². The van der Waals surface area contributed by atoms with Crippen LogP contribution in [-0.2, 0) is 6.54 Å². The molecule has 98 valence electrons. The molecule has 0 atom stereocenters. The molecule has 0 unspecified atom stereocenters. The van der Waals surface area contributed by atoms with Gasteiger partial charge in [0.15, 0.2) is 0 Å². The monoisotopic (exact) mass is 259 g/mol. The number of aromatic hydroxyl groups is 1. The molecule has 0 fully saturated rings. The fourth-order valence-corrected chi connectivity index (χ4v) is 1.81. The Hall–Kier alpha value is -2.36. The summed E-state index contributed by atoms with van der Waals surface area (Å²) in [5.74, 6) is -0.567. The number of carbonyl (C=O) groups is 1. The average Bonchev–Trinajstić information content (AvgIpc) is 2.40. The van der Waals surface area contributed by atoms with E-state index < -0.39 is 0 Å². The minimum atomic E-state index is -0.335. The van der Waals surface area contributed by atoms with Crippen molar-refractivity contribution >= 4 is 5.91 Å².